The van der Waals surface area contributed by atoms with Crippen LogP contribution in [0.3, 0.4) is 0 Å². The molecule has 1 saturated heterocycles. The van der Waals surface area contributed by atoms with Gasteiger partial charge in [-0.2, -0.15) is 0 Å². The van der Waals surface area contributed by atoms with E-state index in [2.05, 4.69) is 41.4 Å². The normalized spacial score (nSPS) is 19.2. The number of likely N-dealkylation sites (tertiary alicyclic amines) is 1. The van der Waals surface area contributed by atoms with E-state index in [4.69, 9.17) is 5.73 Å². The summed E-state index contributed by atoms with van der Waals surface area (Å²) in [6, 6.07) is 11.2. The third-order valence-electron chi connectivity index (χ3n) is 4.28. The van der Waals surface area contributed by atoms with Crippen LogP contribution in [-0.4, -0.2) is 35.5 Å². The van der Waals surface area contributed by atoms with Gasteiger partial charge in [-0.05, 0) is 39.2 Å². The zero-order valence-corrected chi connectivity index (χ0v) is 13.3. The smallest absolute Gasteiger partial charge is 0.239 e. The molecule has 0 aliphatic carbocycles. The maximum Gasteiger partial charge on any atom is 0.239 e. The van der Waals surface area contributed by atoms with Crippen molar-refractivity contribution in [3.05, 3.63) is 35.9 Å². The second-order valence-corrected chi connectivity index (χ2v) is 6.59. The summed E-state index contributed by atoms with van der Waals surface area (Å²) in [5.74, 6) is -0.0583. The Morgan fingerprint density at radius 3 is 2.38 bits per heavy atom. The molecule has 0 spiro atoms. The number of piperidine rings is 1. The summed E-state index contributed by atoms with van der Waals surface area (Å²) in [5, 5.41) is 3.07. The highest BCUT2D eigenvalue weighted by Gasteiger charge is 2.28. The van der Waals surface area contributed by atoms with E-state index < -0.39 is 5.54 Å². The standard InChI is InChI=1S/C17H27N3O/c1-13(14-7-5-4-6-8-14)20-11-9-15(10-12-20)19-16(21)17(2,3)18/h4-8,13,15H,9-12,18H2,1-3H3,(H,19,21). The molecule has 3 N–H and O–H groups in total. The lowest BCUT2D eigenvalue weighted by Gasteiger charge is -2.37. The van der Waals surface area contributed by atoms with Crippen molar-refractivity contribution in [2.75, 3.05) is 13.1 Å². The largest absolute Gasteiger partial charge is 0.352 e. The number of nitrogens with zero attached hydrogens (tertiary/aromatic N) is 1. The van der Waals surface area contributed by atoms with Gasteiger partial charge in [-0.1, -0.05) is 30.3 Å². The van der Waals surface area contributed by atoms with Crippen LogP contribution in [0.5, 0.6) is 0 Å². The van der Waals surface area contributed by atoms with Gasteiger partial charge in [-0.15, -0.1) is 0 Å². The quantitative estimate of drug-likeness (QED) is 0.892. The third kappa shape index (κ3) is 4.29. The molecular weight excluding hydrogens is 262 g/mol. The minimum atomic E-state index is -0.797. The van der Waals surface area contributed by atoms with Gasteiger partial charge < -0.3 is 11.1 Å². The topological polar surface area (TPSA) is 58.4 Å². The Kier molecular flexibility index (Phi) is 5.01. The summed E-state index contributed by atoms with van der Waals surface area (Å²) in [5.41, 5.74) is 6.38. The van der Waals surface area contributed by atoms with E-state index in [-0.39, 0.29) is 11.9 Å². The Hall–Kier alpha value is -1.39. The van der Waals surface area contributed by atoms with Crippen molar-refractivity contribution in [3.63, 3.8) is 0 Å². The van der Waals surface area contributed by atoms with Crippen LogP contribution in [0.1, 0.15) is 45.2 Å². The first-order valence-corrected chi connectivity index (χ1v) is 7.77. The molecule has 2 rings (SSSR count). The summed E-state index contributed by atoms with van der Waals surface area (Å²) in [7, 11) is 0. The highest BCUT2D eigenvalue weighted by atomic mass is 16.2. The third-order valence-corrected chi connectivity index (χ3v) is 4.28. The molecule has 1 aromatic carbocycles. The second kappa shape index (κ2) is 6.58. The molecular formula is C17H27N3O. The Bertz CT molecular complexity index is 459. The van der Waals surface area contributed by atoms with Gasteiger partial charge in [0.2, 0.25) is 5.91 Å². The van der Waals surface area contributed by atoms with Crippen molar-refractivity contribution in [3.8, 4) is 0 Å². The van der Waals surface area contributed by atoms with Crippen molar-refractivity contribution < 1.29 is 4.79 Å². The summed E-state index contributed by atoms with van der Waals surface area (Å²) in [6.07, 6.45) is 1.97. The zero-order chi connectivity index (χ0) is 15.5. The maximum atomic E-state index is 11.9. The predicted molar refractivity (Wildman–Crippen MR) is 85.9 cm³/mol. The average Bonchev–Trinajstić information content (AvgIpc) is 2.47. The molecule has 1 amide bonds. The lowest BCUT2D eigenvalue weighted by Crippen LogP contribution is -2.54. The Labute approximate surface area is 127 Å². The zero-order valence-electron chi connectivity index (χ0n) is 13.3. The van der Waals surface area contributed by atoms with Gasteiger partial charge in [-0.3, -0.25) is 9.69 Å². The lowest BCUT2D eigenvalue weighted by atomic mass is 9.98. The molecule has 1 unspecified atom stereocenters. The van der Waals surface area contributed by atoms with Crippen LogP contribution in [0.4, 0.5) is 0 Å². The van der Waals surface area contributed by atoms with Crippen molar-refractivity contribution in [1.82, 2.24) is 10.2 Å². The van der Waals surface area contributed by atoms with Gasteiger partial charge in [-0.25, -0.2) is 0 Å². The van der Waals surface area contributed by atoms with Gasteiger partial charge in [0.15, 0.2) is 0 Å². The molecule has 0 saturated carbocycles. The van der Waals surface area contributed by atoms with Crippen molar-refractivity contribution in [2.24, 2.45) is 5.73 Å². The number of amides is 1. The van der Waals surface area contributed by atoms with E-state index in [9.17, 15) is 4.79 Å². The molecule has 0 radical (unpaired) electrons. The number of hydrogen-bond acceptors (Lipinski definition) is 3. The molecule has 4 nitrogen and oxygen atoms in total. The van der Waals surface area contributed by atoms with Crippen LogP contribution in [-0.2, 0) is 4.79 Å². The van der Waals surface area contributed by atoms with E-state index in [1.165, 1.54) is 5.56 Å². The Balaban J connectivity index is 1.85. The lowest BCUT2D eigenvalue weighted by molar-refractivity contribution is -0.126. The first kappa shape index (κ1) is 16.0. The Morgan fingerprint density at radius 2 is 1.86 bits per heavy atom. The van der Waals surface area contributed by atoms with Gasteiger partial charge >= 0.3 is 0 Å². The Morgan fingerprint density at radius 1 is 1.29 bits per heavy atom. The van der Waals surface area contributed by atoms with Gasteiger partial charge in [0.1, 0.15) is 0 Å². The van der Waals surface area contributed by atoms with Crippen LogP contribution >= 0.6 is 0 Å². The summed E-state index contributed by atoms with van der Waals surface area (Å²) < 4.78 is 0. The molecule has 1 aliphatic heterocycles. The molecule has 0 aromatic heterocycles. The number of carbonyl (C=O) groups excluding carboxylic acids is 1. The van der Waals surface area contributed by atoms with Crippen LogP contribution in [0.25, 0.3) is 0 Å². The number of nitrogens with two attached hydrogens (primary N) is 1. The fourth-order valence-corrected chi connectivity index (χ4v) is 2.74. The van der Waals surface area contributed by atoms with E-state index in [1.807, 2.05) is 6.07 Å². The molecule has 1 aromatic rings. The van der Waals surface area contributed by atoms with Crippen molar-refractivity contribution >= 4 is 5.91 Å². The highest BCUT2D eigenvalue weighted by molar-refractivity contribution is 5.85. The SMILES string of the molecule is CC(c1ccccc1)N1CCC(NC(=O)C(C)(C)N)CC1. The summed E-state index contributed by atoms with van der Waals surface area (Å²) in [4.78, 5) is 14.4. The average molecular weight is 289 g/mol. The fraction of sp³-hybridized carbons (Fsp3) is 0.588. The second-order valence-electron chi connectivity index (χ2n) is 6.59. The number of nitrogens with one attached hydrogen (secondary N) is 1. The van der Waals surface area contributed by atoms with Crippen molar-refractivity contribution in [1.29, 1.82) is 0 Å². The van der Waals surface area contributed by atoms with Crippen LogP contribution in [0.15, 0.2) is 30.3 Å². The minimum absolute atomic E-state index is 0.0583. The van der Waals surface area contributed by atoms with Gasteiger partial charge in [0, 0.05) is 25.2 Å². The van der Waals surface area contributed by atoms with Gasteiger partial charge in [0.05, 0.1) is 5.54 Å². The van der Waals surface area contributed by atoms with Crippen LogP contribution in [0.2, 0.25) is 0 Å². The maximum absolute atomic E-state index is 11.9. The van der Waals surface area contributed by atoms with Crippen LogP contribution < -0.4 is 11.1 Å². The van der Waals surface area contributed by atoms with E-state index in [0.717, 1.165) is 25.9 Å². The molecule has 1 aliphatic rings. The molecule has 4 heteroatoms. The number of carbonyl (C=O) groups is 1. The fourth-order valence-electron chi connectivity index (χ4n) is 2.74. The molecule has 1 fully saturated rings. The van der Waals surface area contributed by atoms with E-state index >= 15 is 0 Å². The molecule has 21 heavy (non-hydrogen) atoms. The summed E-state index contributed by atoms with van der Waals surface area (Å²) >= 11 is 0. The first-order chi connectivity index (χ1) is 9.88. The molecule has 1 heterocycles. The monoisotopic (exact) mass is 289 g/mol. The first-order valence-electron chi connectivity index (χ1n) is 7.77. The predicted octanol–water partition coefficient (Wildman–Crippen LogP) is 2.07. The van der Waals surface area contributed by atoms with E-state index in [0.29, 0.717) is 6.04 Å². The van der Waals surface area contributed by atoms with Crippen LogP contribution in [0, 0.1) is 0 Å². The molecule has 116 valence electrons. The number of hydrogen-bond donors (Lipinski definition) is 2. The van der Waals surface area contributed by atoms with Gasteiger partial charge in [0.25, 0.3) is 0 Å². The minimum Gasteiger partial charge on any atom is -0.352 e. The van der Waals surface area contributed by atoms with E-state index in [1.54, 1.807) is 13.8 Å². The number of rotatable bonds is 4. The van der Waals surface area contributed by atoms with Crippen molar-refractivity contribution in [2.45, 2.75) is 51.2 Å². The summed E-state index contributed by atoms with van der Waals surface area (Å²) in [6.45, 7) is 7.75. The highest BCUT2D eigenvalue weighted by Crippen LogP contribution is 2.24. The number of benzene rings is 1. The molecule has 1 atom stereocenters. The molecule has 0 bridgehead atoms.